The van der Waals surface area contributed by atoms with Gasteiger partial charge < -0.3 is 20.1 Å². The fraction of sp³-hybridized carbons (Fsp3) is 0.263. The highest BCUT2D eigenvalue weighted by Crippen LogP contribution is 2.32. The van der Waals surface area contributed by atoms with Crippen molar-refractivity contribution in [3.63, 3.8) is 0 Å². The third-order valence-corrected chi connectivity index (χ3v) is 4.93. The molecule has 9 heteroatoms. The molecule has 0 atom stereocenters. The van der Waals surface area contributed by atoms with Crippen molar-refractivity contribution >= 4 is 45.8 Å². The fourth-order valence-corrected chi connectivity index (χ4v) is 3.42. The smallest absolute Gasteiger partial charge is 0.341 e. The molecule has 0 fully saturated rings. The molecule has 28 heavy (non-hydrogen) atoms. The van der Waals surface area contributed by atoms with E-state index in [1.54, 1.807) is 6.92 Å². The summed E-state index contributed by atoms with van der Waals surface area (Å²) < 4.78 is 9.69. The minimum absolute atomic E-state index is 0.243. The van der Waals surface area contributed by atoms with Crippen LogP contribution in [0.3, 0.4) is 0 Å². The van der Waals surface area contributed by atoms with Gasteiger partial charge in [-0.15, -0.1) is 11.3 Å². The molecule has 2 N–H and O–H groups in total. The Balaban J connectivity index is 1.98. The van der Waals surface area contributed by atoms with Gasteiger partial charge in [-0.3, -0.25) is 9.59 Å². The zero-order chi connectivity index (χ0) is 20.8. The molecule has 0 unspecified atom stereocenters. The van der Waals surface area contributed by atoms with E-state index in [1.165, 1.54) is 49.6 Å². The number of carbonyl (C=O) groups excluding carboxylic acids is 4. The highest BCUT2D eigenvalue weighted by atomic mass is 32.1. The molecule has 0 aliphatic carbocycles. The molecule has 1 heterocycles. The maximum atomic E-state index is 12.4. The summed E-state index contributed by atoms with van der Waals surface area (Å²) in [5, 5.41) is 5.56. The van der Waals surface area contributed by atoms with Gasteiger partial charge in [-0.25, -0.2) is 9.59 Å². The largest absolute Gasteiger partial charge is 0.465 e. The number of aryl methyl sites for hydroxylation is 1. The van der Waals surface area contributed by atoms with Crippen LogP contribution in [0.25, 0.3) is 0 Å². The first-order valence-corrected chi connectivity index (χ1v) is 9.07. The normalized spacial score (nSPS) is 10.1. The lowest BCUT2D eigenvalue weighted by atomic mass is 10.1. The van der Waals surface area contributed by atoms with Crippen LogP contribution < -0.4 is 10.6 Å². The number of nitrogens with one attached hydrogen (secondary N) is 2. The Morgan fingerprint density at radius 2 is 1.64 bits per heavy atom. The van der Waals surface area contributed by atoms with Gasteiger partial charge in [-0.1, -0.05) is 0 Å². The second-order valence-corrected chi connectivity index (χ2v) is 7.09. The van der Waals surface area contributed by atoms with Gasteiger partial charge in [-0.05, 0) is 43.7 Å². The van der Waals surface area contributed by atoms with Crippen molar-refractivity contribution in [1.82, 2.24) is 0 Å². The molecule has 8 nitrogen and oxygen atoms in total. The molecule has 0 radical (unpaired) electrons. The number of hydrogen-bond acceptors (Lipinski definition) is 7. The molecule has 0 saturated carbocycles. The number of ether oxygens (including phenoxy) is 2. The van der Waals surface area contributed by atoms with E-state index in [0.29, 0.717) is 21.8 Å². The van der Waals surface area contributed by atoms with Crippen molar-refractivity contribution in [2.24, 2.45) is 0 Å². The summed E-state index contributed by atoms with van der Waals surface area (Å²) in [6, 6.07) is 6.08. The Morgan fingerprint density at radius 1 is 1.00 bits per heavy atom. The molecular formula is C19H20N2O6S. The average molecular weight is 404 g/mol. The van der Waals surface area contributed by atoms with Gasteiger partial charge >= 0.3 is 11.9 Å². The van der Waals surface area contributed by atoms with E-state index in [2.05, 4.69) is 15.4 Å². The third-order valence-electron chi connectivity index (χ3n) is 3.80. The summed E-state index contributed by atoms with van der Waals surface area (Å²) in [4.78, 5) is 48.0. The maximum absolute atomic E-state index is 12.4. The molecule has 2 aromatic rings. The second-order valence-electron chi connectivity index (χ2n) is 5.86. The van der Waals surface area contributed by atoms with Crippen LogP contribution in [0.1, 0.15) is 38.1 Å². The molecule has 0 saturated heterocycles. The second kappa shape index (κ2) is 9.14. The van der Waals surface area contributed by atoms with E-state index in [4.69, 9.17) is 4.74 Å². The van der Waals surface area contributed by atoms with Crippen LogP contribution >= 0.6 is 11.3 Å². The lowest BCUT2D eigenvalue weighted by molar-refractivity contribution is -0.119. The Morgan fingerprint density at radius 3 is 2.21 bits per heavy atom. The van der Waals surface area contributed by atoms with E-state index >= 15 is 0 Å². The van der Waals surface area contributed by atoms with Gasteiger partial charge in [0.25, 0.3) is 5.91 Å². The van der Waals surface area contributed by atoms with Crippen molar-refractivity contribution in [2.75, 3.05) is 24.4 Å². The van der Waals surface area contributed by atoms with E-state index in [-0.39, 0.29) is 11.5 Å². The third kappa shape index (κ3) is 5.17. The number of benzene rings is 1. The lowest BCUT2D eigenvalue weighted by Gasteiger charge is -2.09. The van der Waals surface area contributed by atoms with Crippen LogP contribution in [0.5, 0.6) is 0 Å². The SMILES string of the molecule is COC(=O)c1ccc(NC(=O)COC(=O)c2c(NC(C)=O)sc(C)c2C)cc1. The zero-order valence-corrected chi connectivity index (χ0v) is 16.7. The number of thiophene rings is 1. The van der Waals surface area contributed by atoms with E-state index in [0.717, 1.165) is 4.88 Å². The number of rotatable bonds is 6. The van der Waals surface area contributed by atoms with Crippen LogP contribution in [0.15, 0.2) is 24.3 Å². The summed E-state index contributed by atoms with van der Waals surface area (Å²) in [5.41, 5.74) is 1.72. The number of amides is 2. The monoisotopic (exact) mass is 404 g/mol. The number of hydrogen-bond donors (Lipinski definition) is 2. The standard InChI is InChI=1S/C19H20N2O6S/c1-10-11(2)28-17(20-12(3)22)16(10)19(25)27-9-15(23)21-14-7-5-13(6-8-14)18(24)26-4/h5-8H,9H2,1-4H3,(H,20,22)(H,21,23). The maximum Gasteiger partial charge on any atom is 0.341 e. The molecule has 1 aromatic carbocycles. The van der Waals surface area contributed by atoms with Crippen LogP contribution in [0.2, 0.25) is 0 Å². The molecular weight excluding hydrogens is 384 g/mol. The molecule has 2 amide bonds. The first-order chi connectivity index (χ1) is 13.2. The van der Waals surface area contributed by atoms with Crippen LogP contribution in [0, 0.1) is 13.8 Å². The van der Waals surface area contributed by atoms with Crippen LogP contribution in [0.4, 0.5) is 10.7 Å². The fourth-order valence-electron chi connectivity index (χ4n) is 2.33. The van der Waals surface area contributed by atoms with Crippen LogP contribution in [-0.4, -0.2) is 37.5 Å². The molecule has 2 rings (SSSR count). The van der Waals surface area contributed by atoms with Gasteiger partial charge in [-0.2, -0.15) is 0 Å². The summed E-state index contributed by atoms with van der Waals surface area (Å²) in [6.07, 6.45) is 0. The first-order valence-electron chi connectivity index (χ1n) is 8.25. The highest BCUT2D eigenvalue weighted by Gasteiger charge is 2.22. The Hall–Kier alpha value is -3.20. The van der Waals surface area contributed by atoms with Gasteiger partial charge in [0, 0.05) is 17.5 Å². The van der Waals surface area contributed by atoms with E-state index < -0.39 is 24.5 Å². The van der Waals surface area contributed by atoms with Crippen LogP contribution in [-0.2, 0) is 19.1 Å². The summed E-state index contributed by atoms with van der Waals surface area (Å²) >= 11 is 1.27. The zero-order valence-electron chi connectivity index (χ0n) is 15.9. The van der Waals surface area contributed by atoms with Crippen molar-refractivity contribution in [2.45, 2.75) is 20.8 Å². The van der Waals surface area contributed by atoms with Gasteiger partial charge in [0.05, 0.1) is 18.2 Å². The van der Waals surface area contributed by atoms with E-state index in [9.17, 15) is 19.2 Å². The quantitative estimate of drug-likeness (QED) is 0.716. The average Bonchev–Trinajstić information content (AvgIpc) is 2.92. The van der Waals surface area contributed by atoms with Crippen molar-refractivity contribution in [1.29, 1.82) is 0 Å². The van der Waals surface area contributed by atoms with Gasteiger partial charge in [0.1, 0.15) is 5.00 Å². The Bertz CT molecular complexity index is 917. The molecule has 148 valence electrons. The molecule has 0 aliphatic heterocycles. The summed E-state index contributed by atoms with van der Waals surface area (Å²) in [7, 11) is 1.28. The van der Waals surface area contributed by atoms with Gasteiger partial charge in [0.15, 0.2) is 6.61 Å². The summed E-state index contributed by atoms with van der Waals surface area (Å²) in [5.74, 6) is -2.02. The lowest BCUT2D eigenvalue weighted by Crippen LogP contribution is -2.21. The number of esters is 2. The Labute approximate surface area is 165 Å². The van der Waals surface area contributed by atoms with Crippen molar-refractivity contribution in [3.8, 4) is 0 Å². The van der Waals surface area contributed by atoms with Gasteiger partial charge in [0.2, 0.25) is 5.91 Å². The number of methoxy groups -OCH3 is 1. The summed E-state index contributed by atoms with van der Waals surface area (Å²) in [6.45, 7) is 4.42. The predicted octanol–water partition coefficient (Wildman–Crippen LogP) is 2.91. The van der Waals surface area contributed by atoms with Crippen molar-refractivity contribution < 1.29 is 28.7 Å². The first kappa shape index (κ1) is 21.1. The van der Waals surface area contributed by atoms with Crippen molar-refractivity contribution in [3.05, 3.63) is 45.8 Å². The minimum Gasteiger partial charge on any atom is -0.465 e. The topological polar surface area (TPSA) is 111 Å². The number of anilines is 2. The minimum atomic E-state index is -0.693. The highest BCUT2D eigenvalue weighted by molar-refractivity contribution is 7.16. The molecule has 1 aromatic heterocycles. The Kier molecular flexibility index (Phi) is 6.89. The van der Waals surface area contributed by atoms with E-state index in [1.807, 2.05) is 6.92 Å². The predicted molar refractivity (Wildman–Crippen MR) is 105 cm³/mol. The molecule has 0 aliphatic rings. The molecule has 0 spiro atoms. The number of carbonyl (C=O) groups is 4. The molecule has 0 bridgehead atoms.